The third kappa shape index (κ3) is 1.43. The summed E-state index contributed by atoms with van der Waals surface area (Å²) in [5.41, 5.74) is 1.14. The highest BCUT2D eigenvalue weighted by molar-refractivity contribution is 5.05. The smallest absolute Gasteiger partial charge is 0.0243 e. The molecule has 0 bridgehead atoms. The van der Waals surface area contributed by atoms with Crippen LogP contribution in [0.25, 0.3) is 0 Å². The lowest BCUT2D eigenvalue weighted by molar-refractivity contribution is -0.0688. The van der Waals surface area contributed by atoms with E-state index < -0.39 is 0 Å². The first kappa shape index (κ1) is 10.3. The molecule has 0 aliphatic heterocycles. The zero-order valence-corrected chi connectivity index (χ0v) is 9.97. The highest BCUT2D eigenvalue weighted by Crippen LogP contribution is 2.60. The second kappa shape index (κ2) is 3.40. The van der Waals surface area contributed by atoms with E-state index in [4.69, 9.17) is 0 Å². The number of allylic oxidation sites excluding steroid dienone is 2. The topological polar surface area (TPSA) is 0 Å². The monoisotopic (exact) mass is 192 g/mol. The van der Waals surface area contributed by atoms with E-state index in [9.17, 15) is 0 Å². The van der Waals surface area contributed by atoms with E-state index in [-0.39, 0.29) is 0 Å². The van der Waals surface area contributed by atoms with Gasteiger partial charge in [0.15, 0.2) is 0 Å². The molecule has 1 fully saturated rings. The Labute approximate surface area is 88.8 Å². The standard InChI is InChI=1S/C14H24/c1-13(2)10-7-5-4-6-8-12-9-11-14(12,13)3/h5,7,12H,4,6,8-11H2,1-3H3. The number of hydrogen-bond acceptors (Lipinski definition) is 0. The van der Waals surface area contributed by atoms with Crippen LogP contribution in [0.2, 0.25) is 0 Å². The molecule has 0 heteroatoms. The van der Waals surface area contributed by atoms with Crippen molar-refractivity contribution in [2.75, 3.05) is 0 Å². The van der Waals surface area contributed by atoms with E-state index in [1.54, 1.807) is 0 Å². The second-order valence-corrected chi connectivity index (χ2v) is 6.14. The average Bonchev–Trinajstić information content (AvgIpc) is 2.14. The van der Waals surface area contributed by atoms with Crippen molar-refractivity contribution in [2.24, 2.45) is 16.7 Å². The molecule has 2 aliphatic carbocycles. The van der Waals surface area contributed by atoms with Gasteiger partial charge in [-0.1, -0.05) is 32.9 Å². The maximum Gasteiger partial charge on any atom is -0.0243 e. The predicted octanol–water partition coefficient (Wildman–Crippen LogP) is 4.56. The third-order valence-electron chi connectivity index (χ3n) is 5.18. The van der Waals surface area contributed by atoms with Crippen molar-refractivity contribution in [2.45, 2.75) is 59.3 Å². The maximum atomic E-state index is 2.53. The van der Waals surface area contributed by atoms with Gasteiger partial charge in [0.25, 0.3) is 0 Å². The largest absolute Gasteiger partial charge is 0.0885 e. The maximum absolute atomic E-state index is 2.53. The first-order valence-corrected chi connectivity index (χ1v) is 6.21. The van der Waals surface area contributed by atoms with Gasteiger partial charge in [-0.25, -0.2) is 0 Å². The average molecular weight is 192 g/mol. The van der Waals surface area contributed by atoms with E-state index in [1.165, 1.54) is 38.5 Å². The van der Waals surface area contributed by atoms with E-state index in [2.05, 4.69) is 32.9 Å². The molecule has 0 aromatic heterocycles. The zero-order chi connectivity index (χ0) is 10.2. The fourth-order valence-electron chi connectivity index (χ4n) is 3.35. The second-order valence-electron chi connectivity index (χ2n) is 6.14. The van der Waals surface area contributed by atoms with Gasteiger partial charge in [0.1, 0.15) is 0 Å². The molecule has 2 rings (SSSR count). The lowest BCUT2D eigenvalue weighted by Gasteiger charge is -2.57. The van der Waals surface area contributed by atoms with Gasteiger partial charge in [-0.3, -0.25) is 0 Å². The number of fused-ring (bicyclic) bond motifs is 1. The van der Waals surface area contributed by atoms with Crippen molar-refractivity contribution in [3.63, 3.8) is 0 Å². The molecular weight excluding hydrogens is 168 g/mol. The minimum Gasteiger partial charge on any atom is -0.0885 e. The van der Waals surface area contributed by atoms with Gasteiger partial charge >= 0.3 is 0 Å². The minimum absolute atomic E-state index is 0.511. The van der Waals surface area contributed by atoms with E-state index >= 15 is 0 Å². The van der Waals surface area contributed by atoms with Crippen molar-refractivity contribution in [3.05, 3.63) is 12.2 Å². The van der Waals surface area contributed by atoms with Gasteiger partial charge in [0.2, 0.25) is 0 Å². The van der Waals surface area contributed by atoms with E-state index in [1.807, 2.05) is 0 Å². The molecule has 2 unspecified atom stereocenters. The molecule has 80 valence electrons. The van der Waals surface area contributed by atoms with Crippen LogP contribution in [0.5, 0.6) is 0 Å². The van der Waals surface area contributed by atoms with Crippen LogP contribution >= 0.6 is 0 Å². The molecule has 0 amide bonds. The Balaban J connectivity index is 2.20. The van der Waals surface area contributed by atoms with Crippen LogP contribution in [-0.2, 0) is 0 Å². The Kier molecular flexibility index (Phi) is 2.49. The number of hydrogen-bond donors (Lipinski definition) is 0. The summed E-state index contributed by atoms with van der Waals surface area (Å²) < 4.78 is 0. The fourth-order valence-corrected chi connectivity index (χ4v) is 3.35. The summed E-state index contributed by atoms with van der Waals surface area (Å²) in [5, 5.41) is 0. The van der Waals surface area contributed by atoms with Gasteiger partial charge in [-0.05, 0) is 55.3 Å². The summed E-state index contributed by atoms with van der Waals surface area (Å²) in [5.74, 6) is 1.01. The van der Waals surface area contributed by atoms with Crippen LogP contribution in [0.1, 0.15) is 59.3 Å². The van der Waals surface area contributed by atoms with Crippen molar-refractivity contribution < 1.29 is 0 Å². The van der Waals surface area contributed by atoms with E-state index in [0.717, 1.165) is 5.92 Å². The predicted molar refractivity (Wildman–Crippen MR) is 62.2 cm³/mol. The first-order valence-electron chi connectivity index (χ1n) is 6.21. The molecule has 1 saturated carbocycles. The van der Waals surface area contributed by atoms with Crippen LogP contribution in [0.4, 0.5) is 0 Å². The Morgan fingerprint density at radius 3 is 2.50 bits per heavy atom. The Hall–Kier alpha value is -0.260. The summed E-state index contributed by atoms with van der Waals surface area (Å²) in [6, 6.07) is 0. The van der Waals surface area contributed by atoms with Crippen molar-refractivity contribution in [1.82, 2.24) is 0 Å². The first-order chi connectivity index (χ1) is 6.56. The van der Waals surface area contributed by atoms with Crippen molar-refractivity contribution in [3.8, 4) is 0 Å². The Morgan fingerprint density at radius 1 is 1.07 bits per heavy atom. The molecule has 0 heterocycles. The molecule has 0 saturated heterocycles. The van der Waals surface area contributed by atoms with Crippen LogP contribution in [0, 0.1) is 16.7 Å². The fraction of sp³-hybridized carbons (Fsp3) is 0.857. The highest BCUT2D eigenvalue weighted by Gasteiger charge is 2.51. The van der Waals surface area contributed by atoms with Crippen LogP contribution < -0.4 is 0 Å². The molecular formula is C14H24. The third-order valence-corrected chi connectivity index (χ3v) is 5.18. The lowest BCUT2D eigenvalue weighted by Crippen LogP contribution is -2.48. The molecule has 14 heavy (non-hydrogen) atoms. The van der Waals surface area contributed by atoms with Gasteiger partial charge in [0.05, 0.1) is 0 Å². The zero-order valence-electron chi connectivity index (χ0n) is 9.97. The van der Waals surface area contributed by atoms with Crippen LogP contribution in [0.3, 0.4) is 0 Å². The highest BCUT2D eigenvalue weighted by atomic mass is 14.6. The van der Waals surface area contributed by atoms with Crippen LogP contribution in [0.15, 0.2) is 12.2 Å². The number of rotatable bonds is 0. The van der Waals surface area contributed by atoms with Crippen molar-refractivity contribution in [1.29, 1.82) is 0 Å². The molecule has 0 spiro atoms. The Morgan fingerprint density at radius 2 is 1.86 bits per heavy atom. The quantitative estimate of drug-likeness (QED) is 0.494. The molecule has 0 aromatic rings. The summed E-state index contributed by atoms with van der Waals surface area (Å²) >= 11 is 0. The molecule has 2 atom stereocenters. The molecule has 0 nitrogen and oxygen atoms in total. The van der Waals surface area contributed by atoms with Gasteiger partial charge in [-0.2, -0.15) is 0 Å². The summed E-state index contributed by atoms with van der Waals surface area (Å²) in [6.07, 6.45) is 13.2. The SMILES string of the molecule is CC1(C)CC=CCCCC2CCC21C. The minimum atomic E-state index is 0.511. The van der Waals surface area contributed by atoms with E-state index in [0.29, 0.717) is 10.8 Å². The lowest BCUT2D eigenvalue weighted by atomic mass is 9.48. The Bertz CT molecular complexity index is 236. The molecule has 0 radical (unpaired) electrons. The normalized spacial score (nSPS) is 41.5. The van der Waals surface area contributed by atoms with Gasteiger partial charge < -0.3 is 0 Å². The van der Waals surface area contributed by atoms with Crippen LogP contribution in [-0.4, -0.2) is 0 Å². The van der Waals surface area contributed by atoms with Crippen molar-refractivity contribution >= 4 is 0 Å². The van der Waals surface area contributed by atoms with Gasteiger partial charge in [-0.15, -0.1) is 0 Å². The van der Waals surface area contributed by atoms with Gasteiger partial charge in [0, 0.05) is 0 Å². The molecule has 0 aromatic carbocycles. The molecule has 0 N–H and O–H groups in total. The molecule has 2 aliphatic rings. The summed E-state index contributed by atoms with van der Waals surface area (Å²) in [4.78, 5) is 0. The summed E-state index contributed by atoms with van der Waals surface area (Å²) in [7, 11) is 0. The summed E-state index contributed by atoms with van der Waals surface area (Å²) in [6.45, 7) is 7.46.